The zero-order valence-corrected chi connectivity index (χ0v) is 9.99. The van der Waals surface area contributed by atoms with E-state index in [1.807, 2.05) is 36.4 Å². The first-order valence-corrected chi connectivity index (χ1v) is 5.88. The highest BCUT2D eigenvalue weighted by Gasteiger charge is 2.28. The van der Waals surface area contributed by atoms with E-state index in [1.165, 1.54) is 4.90 Å². The molecule has 1 aromatic rings. The van der Waals surface area contributed by atoms with Crippen molar-refractivity contribution in [3.63, 3.8) is 0 Å². The normalized spacial score (nSPS) is 19.6. The summed E-state index contributed by atoms with van der Waals surface area (Å²) in [5.74, 6) is -0.171. The van der Waals surface area contributed by atoms with Gasteiger partial charge in [-0.2, -0.15) is 5.26 Å². The van der Waals surface area contributed by atoms with Crippen molar-refractivity contribution in [1.29, 1.82) is 5.26 Å². The Hall–Kier alpha value is -2.12. The third-order valence-corrected chi connectivity index (χ3v) is 2.99. The molecule has 1 aliphatic heterocycles. The molecule has 4 nitrogen and oxygen atoms in total. The molecule has 0 radical (unpaired) electrons. The molecule has 18 heavy (non-hydrogen) atoms. The second kappa shape index (κ2) is 5.48. The molecule has 0 bridgehead atoms. The van der Waals surface area contributed by atoms with E-state index >= 15 is 0 Å². The van der Waals surface area contributed by atoms with Crippen molar-refractivity contribution in [2.24, 2.45) is 5.73 Å². The molecule has 2 N–H and O–H groups in total. The van der Waals surface area contributed by atoms with E-state index in [-0.39, 0.29) is 5.91 Å². The quantitative estimate of drug-likeness (QED) is 0.797. The fourth-order valence-corrected chi connectivity index (χ4v) is 2.03. The van der Waals surface area contributed by atoms with Crippen LogP contribution in [0, 0.1) is 11.3 Å². The average Bonchev–Trinajstić information content (AvgIpc) is 2.87. The lowest BCUT2D eigenvalue weighted by Crippen LogP contribution is -2.46. The first kappa shape index (κ1) is 12.3. The molecule has 4 heteroatoms. The van der Waals surface area contributed by atoms with Crippen molar-refractivity contribution in [3.05, 3.63) is 48.0 Å². The van der Waals surface area contributed by atoms with Crippen molar-refractivity contribution in [2.75, 3.05) is 6.54 Å². The highest BCUT2D eigenvalue weighted by Crippen LogP contribution is 2.12. The van der Waals surface area contributed by atoms with Crippen LogP contribution in [0.5, 0.6) is 0 Å². The van der Waals surface area contributed by atoms with Crippen LogP contribution in [-0.4, -0.2) is 29.4 Å². The Balaban J connectivity index is 2.00. The highest BCUT2D eigenvalue weighted by molar-refractivity contribution is 5.83. The second-order valence-electron chi connectivity index (χ2n) is 4.29. The number of nitrogens with two attached hydrogens (primary N) is 1. The third kappa shape index (κ3) is 2.58. The molecule has 0 saturated carbocycles. The van der Waals surface area contributed by atoms with Crippen LogP contribution in [0.2, 0.25) is 0 Å². The SMILES string of the molecule is N#C[C@@H]1C=CCN1C(=O)[C@@H](N)Cc1ccccc1. The van der Waals surface area contributed by atoms with Gasteiger partial charge >= 0.3 is 0 Å². The van der Waals surface area contributed by atoms with Gasteiger partial charge in [-0.3, -0.25) is 4.79 Å². The summed E-state index contributed by atoms with van der Waals surface area (Å²) < 4.78 is 0. The topological polar surface area (TPSA) is 70.1 Å². The van der Waals surface area contributed by atoms with Crippen molar-refractivity contribution in [2.45, 2.75) is 18.5 Å². The predicted octanol–water partition coefficient (Wildman–Crippen LogP) is 0.847. The van der Waals surface area contributed by atoms with E-state index < -0.39 is 12.1 Å². The number of hydrogen-bond acceptors (Lipinski definition) is 3. The lowest BCUT2D eigenvalue weighted by Gasteiger charge is -2.23. The first-order chi connectivity index (χ1) is 8.72. The molecule has 0 unspecified atom stereocenters. The number of nitrogens with zero attached hydrogens (tertiary/aromatic N) is 2. The minimum atomic E-state index is -0.594. The van der Waals surface area contributed by atoms with Crippen LogP contribution >= 0.6 is 0 Å². The summed E-state index contributed by atoms with van der Waals surface area (Å²) in [4.78, 5) is 13.6. The zero-order valence-electron chi connectivity index (χ0n) is 9.99. The molecule has 1 amide bonds. The van der Waals surface area contributed by atoms with Crippen LogP contribution in [-0.2, 0) is 11.2 Å². The molecule has 1 heterocycles. The van der Waals surface area contributed by atoms with Gasteiger partial charge in [0.05, 0.1) is 12.1 Å². The first-order valence-electron chi connectivity index (χ1n) is 5.88. The van der Waals surface area contributed by atoms with Crippen molar-refractivity contribution >= 4 is 5.91 Å². The van der Waals surface area contributed by atoms with Crippen LogP contribution in [0.15, 0.2) is 42.5 Å². The van der Waals surface area contributed by atoms with Gasteiger partial charge in [0.25, 0.3) is 0 Å². The fourth-order valence-electron chi connectivity index (χ4n) is 2.03. The number of hydrogen-bond donors (Lipinski definition) is 1. The van der Waals surface area contributed by atoms with Crippen molar-refractivity contribution in [1.82, 2.24) is 4.90 Å². The Morgan fingerprint density at radius 1 is 1.50 bits per heavy atom. The molecule has 0 fully saturated rings. The maximum absolute atomic E-state index is 12.1. The predicted molar refractivity (Wildman–Crippen MR) is 68.4 cm³/mol. The van der Waals surface area contributed by atoms with E-state index in [1.54, 1.807) is 6.08 Å². The number of nitriles is 1. The molecular formula is C14H15N3O. The van der Waals surface area contributed by atoms with Crippen LogP contribution in [0.25, 0.3) is 0 Å². The van der Waals surface area contributed by atoms with E-state index in [4.69, 9.17) is 11.0 Å². The van der Waals surface area contributed by atoms with Crippen molar-refractivity contribution < 1.29 is 4.79 Å². The van der Waals surface area contributed by atoms with Gasteiger partial charge in [0, 0.05) is 6.54 Å². The number of carbonyl (C=O) groups is 1. The summed E-state index contributed by atoms with van der Waals surface area (Å²) >= 11 is 0. The Morgan fingerprint density at radius 3 is 2.89 bits per heavy atom. The van der Waals surface area contributed by atoms with Crippen LogP contribution in [0.3, 0.4) is 0 Å². The third-order valence-electron chi connectivity index (χ3n) is 2.99. The maximum atomic E-state index is 12.1. The van der Waals surface area contributed by atoms with Gasteiger partial charge in [-0.15, -0.1) is 0 Å². The fraction of sp³-hybridized carbons (Fsp3) is 0.286. The van der Waals surface area contributed by atoms with Gasteiger partial charge in [0.15, 0.2) is 0 Å². The standard InChI is InChI=1S/C14H15N3O/c15-10-12-7-4-8-17(12)14(18)13(16)9-11-5-2-1-3-6-11/h1-7,12-13H,8-9,16H2/t12-,13-/m0/s1. The van der Waals surface area contributed by atoms with Gasteiger partial charge in [-0.05, 0) is 18.1 Å². The maximum Gasteiger partial charge on any atom is 0.241 e. The largest absolute Gasteiger partial charge is 0.320 e. The van der Waals surface area contributed by atoms with Gasteiger partial charge in [-0.25, -0.2) is 0 Å². The summed E-state index contributed by atoms with van der Waals surface area (Å²) in [5, 5.41) is 8.92. The molecular weight excluding hydrogens is 226 g/mol. The lowest BCUT2D eigenvalue weighted by atomic mass is 10.1. The van der Waals surface area contributed by atoms with E-state index in [9.17, 15) is 4.79 Å². The minimum absolute atomic E-state index is 0.171. The highest BCUT2D eigenvalue weighted by atomic mass is 16.2. The van der Waals surface area contributed by atoms with Gasteiger partial charge in [-0.1, -0.05) is 36.4 Å². The Morgan fingerprint density at radius 2 is 2.22 bits per heavy atom. The molecule has 0 aromatic heterocycles. The average molecular weight is 241 g/mol. The Bertz CT molecular complexity index is 490. The van der Waals surface area contributed by atoms with E-state index in [2.05, 4.69) is 6.07 Å². The summed E-state index contributed by atoms with van der Waals surface area (Å²) in [6.07, 6.45) is 4.04. The minimum Gasteiger partial charge on any atom is -0.320 e. The summed E-state index contributed by atoms with van der Waals surface area (Å²) in [7, 11) is 0. The van der Waals surface area contributed by atoms with Crippen LogP contribution < -0.4 is 5.73 Å². The molecule has 0 saturated heterocycles. The van der Waals surface area contributed by atoms with Gasteiger partial charge in [0.1, 0.15) is 6.04 Å². The number of rotatable bonds is 3. The molecule has 1 aliphatic rings. The van der Waals surface area contributed by atoms with E-state index in [0.717, 1.165) is 5.56 Å². The molecule has 0 spiro atoms. The second-order valence-corrected chi connectivity index (χ2v) is 4.29. The molecule has 0 aliphatic carbocycles. The van der Waals surface area contributed by atoms with Gasteiger partial charge < -0.3 is 10.6 Å². The monoisotopic (exact) mass is 241 g/mol. The lowest BCUT2D eigenvalue weighted by molar-refractivity contribution is -0.132. The zero-order chi connectivity index (χ0) is 13.0. The molecule has 1 aromatic carbocycles. The van der Waals surface area contributed by atoms with Gasteiger partial charge in [0.2, 0.25) is 5.91 Å². The van der Waals surface area contributed by atoms with Crippen molar-refractivity contribution in [3.8, 4) is 6.07 Å². The smallest absolute Gasteiger partial charge is 0.241 e. The number of carbonyl (C=O) groups excluding carboxylic acids is 1. The molecule has 2 atom stereocenters. The summed E-state index contributed by atoms with van der Waals surface area (Å²) in [6.45, 7) is 0.472. The molecule has 2 rings (SSSR count). The number of amides is 1. The van der Waals surface area contributed by atoms with Crippen LogP contribution in [0.4, 0.5) is 0 Å². The Kier molecular flexibility index (Phi) is 3.75. The Labute approximate surface area is 106 Å². The summed E-state index contributed by atoms with van der Waals surface area (Å²) in [6, 6.07) is 10.7. The van der Waals surface area contributed by atoms with E-state index in [0.29, 0.717) is 13.0 Å². The summed E-state index contributed by atoms with van der Waals surface area (Å²) in [5.41, 5.74) is 6.94. The van der Waals surface area contributed by atoms with Crippen LogP contribution in [0.1, 0.15) is 5.56 Å². The number of benzene rings is 1. The molecule has 92 valence electrons.